The molecule has 0 radical (unpaired) electrons. The zero-order valence-corrected chi connectivity index (χ0v) is 63.5. The summed E-state index contributed by atoms with van der Waals surface area (Å²) in [6.07, 6.45) is 0. The molecule has 0 unspecified atom stereocenters. The van der Waals surface area contributed by atoms with Gasteiger partial charge in [-0.05, 0) is 223 Å². The first-order chi connectivity index (χ1) is 54.9. The van der Waals surface area contributed by atoms with E-state index in [1.54, 1.807) is 0 Å². The number of nitrogens with one attached hydrogen (secondary N) is 1. The molecule has 4 nitrogen and oxygen atoms in total. The van der Waals surface area contributed by atoms with E-state index >= 15 is 0 Å². The fourth-order valence-corrected chi connectivity index (χ4v) is 18.7. The quantitative estimate of drug-likeness (QED) is 0.140. The summed E-state index contributed by atoms with van der Waals surface area (Å²) < 4.78 is 5.84. The van der Waals surface area contributed by atoms with Gasteiger partial charge in [-0.15, -0.1) is 0 Å². The maximum atomic E-state index is 3.58. The number of halogens is 1. The van der Waals surface area contributed by atoms with Crippen molar-refractivity contribution in [1.29, 1.82) is 0 Å². The minimum absolute atomic E-state index is 1.07. The Morgan fingerprint density at radius 3 is 1.08 bits per heavy atom. The monoisotopic (exact) mass is 1520 g/mol. The molecule has 18 aromatic carbocycles. The summed E-state index contributed by atoms with van der Waals surface area (Å²) in [5, 5.41) is 13.9. The summed E-state index contributed by atoms with van der Waals surface area (Å²) in [5.41, 5.74) is 27.6. The van der Waals surface area contributed by atoms with Crippen LogP contribution in [0, 0.1) is 0 Å². The van der Waals surface area contributed by atoms with E-state index < -0.39 is 0 Å². The lowest BCUT2D eigenvalue weighted by Gasteiger charge is -2.26. The van der Waals surface area contributed by atoms with E-state index in [0.29, 0.717) is 0 Å². The number of hydrogen-bond acceptors (Lipinski definition) is 4. The molecule has 111 heavy (non-hydrogen) atoms. The summed E-state index contributed by atoms with van der Waals surface area (Å²) in [6.45, 7) is 0. The van der Waals surface area contributed by atoms with Crippen molar-refractivity contribution < 1.29 is 0 Å². The predicted octanol–water partition coefficient (Wildman–Crippen LogP) is 30.5. The van der Waals surface area contributed by atoms with E-state index in [-0.39, 0.29) is 0 Å². The predicted molar refractivity (Wildman–Crippen MR) is 476 cm³/mol. The second-order valence-electron chi connectivity index (χ2n) is 28.1. The van der Waals surface area contributed by atoms with Crippen LogP contribution in [0.2, 0.25) is 0 Å². The van der Waals surface area contributed by atoms with Crippen molar-refractivity contribution >= 4 is 133 Å². The van der Waals surface area contributed by atoms with Crippen LogP contribution in [-0.2, 0) is 0 Å². The van der Waals surface area contributed by atoms with Gasteiger partial charge < -0.3 is 19.4 Å². The first-order valence-corrected chi connectivity index (χ1v) is 40.0. The molecule has 2 aromatic heterocycles. The lowest BCUT2D eigenvalue weighted by Crippen LogP contribution is -2.10. The molecule has 524 valence electrons. The highest BCUT2D eigenvalue weighted by Gasteiger charge is 2.24. The Kier molecular flexibility index (Phi) is 17.6. The molecular formula is C104H69BrN4S2. The number of aromatic nitrogens is 2. The number of anilines is 5. The van der Waals surface area contributed by atoms with Crippen molar-refractivity contribution in [3.63, 3.8) is 0 Å². The van der Waals surface area contributed by atoms with Gasteiger partial charge in [-0.1, -0.05) is 306 Å². The van der Waals surface area contributed by atoms with Gasteiger partial charge in [-0.3, -0.25) is 0 Å². The molecular weight excluding hydrogens is 1450 g/mol. The van der Waals surface area contributed by atoms with Crippen LogP contribution in [0.15, 0.2) is 437 Å². The van der Waals surface area contributed by atoms with Crippen LogP contribution in [0.25, 0.3) is 143 Å². The largest absolute Gasteiger partial charge is 0.355 e. The van der Waals surface area contributed by atoms with Crippen LogP contribution >= 0.6 is 39.5 Å². The molecule has 2 aliphatic rings. The van der Waals surface area contributed by atoms with Gasteiger partial charge in [-0.2, -0.15) is 0 Å². The van der Waals surface area contributed by atoms with Gasteiger partial charge in [0.1, 0.15) is 0 Å². The lowest BCUT2D eigenvalue weighted by molar-refractivity contribution is 1.18. The lowest BCUT2D eigenvalue weighted by atomic mass is 9.94. The highest BCUT2D eigenvalue weighted by Crippen LogP contribution is 2.51. The van der Waals surface area contributed by atoms with Crippen LogP contribution in [0.4, 0.5) is 28.4 Å². The summed E-state index contributed by atoms with van der Waals surface area (Å²) in [7, 11) is 0. The van der Waals surface area contributed by atoms with Crippen LogP contribution < -0.4 is 10.2 Å². The molecule has 0 amide bonds. The van der Waals surface area contributed by atoms with E-state index in [4.69, 9.17) is 0 Å². The number of para-hydroxylation sites is 4. The Balaban J connectivity index is 0.000000121. The maximum Gasteiger partial charge on any atom is 0.0561 e. The van der Waals surface area contributed by atoms with Crippen molar-refractivity contribution in [3.05, 3.63) is 417 Å². The second kappa shape index (κ2) is 29.1. The van der Waals surface area contributed by atoms with Gasteiger partial charge in [0.2, 0.25) is 0 Å². The fraction of sp³-hybridized carbons (Fsp3) is 0. The highest BCUT2D eigenvalue weighted by molar-refractivity contribution is 9.10. The average Bonchev–Trinajstić information content (AvgIpc) is 1.73. The Hall–Kier alpha value is -13.1. The third-order valence-electron chi connectivity index (χ3n) is 21.5. The zero-order valence-electron chi connectivity index (χ0n) is 60.3. The van der Waals surface area contributed by atoms with Gasteiger partial charge in [0.25, 0.3) is 0 Å². The van der Waals surface area contributed by atoms with Gasteiger partial charge in [0, 0.05) is 96.2 Å². The van der Waals surface area contributed by atoms with E-state index in [2.05, 4.69) is 442 Å². The normalized spacial score (nSPS) is 11.8. The van der Waals surface area contributed by atoms with Crippen molar-refractivity contribution in [3.8, 4) is 78.1 Å². The van der Waals surface area contributed by atoms with Gasteiger partial charge in [-0.25, -0.2) is 0 Å². The zero-order chi connectivity index (χ0) is 73.7. The highest BCUT2D eigenvalue weighted by atomic mass is 79.9. The number of nitrogens with zero attached hydrogens (tertiary/aromatic N) is 3. The van der Waals surface area contributed by atoms with Gasteiger partial charge in [0.15, 0.2) is 0 Å². The molecule has 0 saturated heterocycles. The SMILES string of the molecule is Brc1ccc(-c2ccc3c(c2)-c2cccc4cccc(c24)S3)cc1.c1ccc(-c2ccc(N(c3ccc(-c4ccc5c(c4)-c4cccc6cccc(c46)S5)cc3)c3ccc4c5ccccc5n(-c5ccccc5)c4c3)cc2)cc1.c1ccc(-c2ccc(Nc3ccc4c5ccccc5n(-c5ccccc5)c4c3)cc2)cc1. The Bertz CT molecular complexity index is 6870. The molecule has 0 spiro atoms. The molecule has 4 heterocycles. The maximum absolute atomic E-state index is 3.58. The first kappa shape index (κ1) is 67.2. The first-order valence-electron chi connectivity index (χ1n) is 37.5. The summed E-state index contributed by atoms with van der Waals surface area (Å²) in [5.74, 6) is 0. The Morgan fingerprint density at radius 2 is 0.595 bits per heavy atom. The van der Waals surface area contributed by atoms with E-state index in [1.165, 1.54) is 157 Å². The fourth-order valence-electron chi connectivity index (χ4n) is 16.2. The number of fused-ring (bicyclic) bond motifs is 10. The third kappa shape index (κ3) is 12.8. The molecule has 0 saturated carbocycles. The summed E-state index contributed by atoms with van der Waals surface area (Å²) in [6, 6.07) is 149. The summed E-state index contributed by atoms with van der Waals surface area (Å²) in [4.78, 5) is 7.71. The molecule has 20 aromatic rings. The van der Waals surface area contributed by atoms with Gasteiger partial charge >= 0.3 is 0 Å². The topological polar surface area (TPSA) is 25.1 Å². The van der Waals surface area contributed by atoms with Crippen LogP contribution in [-0.4, -0.2) is 9.13 Å². The molecule has 22 rings (SSSR count). The summed E-state index contributed by atoms with van der Waals surface area (Å²) >= 11 is 7.26. The van der Waals surface area contributed by atoms with Crippen LogP contribution in [0.3, 0.4) is 0 Å². The Morgan fingerprint density at radius 1 is 0.234 bits per heavy atom. The average molecular weight is 1520 g/mol. The molecule has 7 heteroatoms. The second-order valence-corrected chi connectivity index (χ2v) is 31.2. The minimum Gasteiger partial charge on any atom is -0.355 e. The van der Waals surface area contributed by atoms with Crippen molar-refractivity contribution in [1.82, 2.24) is 9.13 Å². The van der Waals surface area contributed by atoms with E-state index in [0.717, 1.165) is 38.6 Å². The Labute approximate surface area is 662 Å². The van der Waals surface area contributed by atoms with Crippen LogP contribution in [0.5, 0.6) is 0 Å². The molecule has 2 aliphatic heterocycles. The van der Waals surface area contributed by atoms with Gasteiger partial charge in [0.05, 0.1) is 22.1 Å². The van der Waals surface area contributed by atoms with Crippen LogP contribution in [0.1, 0.15) is 0 Å². The smallest absolute Gasteiger partial charge is 0.0561 e. The third-order valence-corrected chi connectivity index (χ3v) is 24.3. The molecule has 1 N–H and O–H groups in total. The van der Waals surface area contributed by atoms with E-state index in [9.17, 15) is 0 Å². The molecule has 0 bridgehead atoms. The standard InChI is InChI=1S/C52H34N2S.C30H22N2.C22H13BrS/c1-3-11-35(12-4-1)36-21-26-41(27-22-36)53(43-30-31-45-44-17-7-8-19-48(44)54(49(45)34-43)40-15-5-2-6-16-40)42-28-23-37(24-29-42)39-25-32-50-47(33-39)46-18-9-13-38-14-10-20-51(55-50)52(38)46;1-3-9-22(10-4-1)23-15-17-24(18-16-23)31-25-19-20-28-27-13-7-8-14-29(27)32(30(28)21-25)26-11-5-2-6-12-26;23-17-10-7-14(8-11-17)16-9-12-20-19(13-16)18-5-1-3-15-4-2-6-21(24-20)22(15)18/h1-34H;1-21,31H;1-13H. The number of rotatable bonds is 11. The van der Waals surface area contributed by atoms with Crippen molar-refractivity contribution in [2.24, 2.45) is 0 Å². The molecule has 0 atom stereocenters. The minimum atomic E-state index is 1.07. The van der Waals surface area contributed by atoms with Crippen molar-refractivity contribution in [2.75, 3.05) is 10.2 Å². The molecule has 0 aliphatic carbocycles. The number of hydrogen-bond donors (Lipinski definition) is 1. The van der Waals surface area contributed by atoms with Crippen molar-refractivity contribution in [2.45, 2.75) is 19.6 Å². The van der Waals surface area contributed by atoms with E-state index in [1.807, 2.05) is 29.6 Å². The molecule has 0 fully saturated rings. The number of benzene rings is 18.